The Morgan fingerprint density at radius 2 is 2.12 bits per heavy atom. The van der Waals surface area contributed by atoms with Gasteiger partial charge >= 0.3 is 5.97 Å². The number of rotatable bonds is 7. The third kappa shape index (κ3) is 3.06. The highest BCUT2D eigenvalue weighted by Crippen LogP contribution is 2.40. The van der Waals surface area contributed by atoms with Gasteiger partial charge in [-0.2, -0.15) is 0 Å². The van der Waals surface area contributed by atoms with E-state index in [9.17, 15) is 9.59 Å². The van der Waals surface area contributed by atoms with Gasteiger partial charge in [0, 0.05) is 13.1 Å². The van der Waals surface area contributed by atoms with Gasteiger partial charge in [0.2, 0.25) is 5.91 Å². The van der Waals surface area contributed by atoms with Gasteiger partial charge in [0.15, 0.2) is 0 Å². The maximum atomic E-state index is 11.3. The Balaban J connectivity index is 2.25. The van der Waals surface area contributed by atoms with Crippen molar-refractivity contribution >= 4 is 11.9 Å². The van der Waals surface area contributed by atoms with Crippen LogP contribution in [-0.2, 0) is 9.59 Å². The number of carboxylic acids is 1. The predicted octanol–water partition coefficient (Wildman–Crippen LogP) is 0.133. The van der Waals surface area contributed by atoms with Crippen molar-refractivity contribution in [3.05, 3.63) is 12.7 Å². The molecule has 0 aromatic carbocycles. The van der Waals surface area contributed by atoms with E-state index in [1.54, 1.807) is 6.08 Å². The summed E-state index contributed by atoms with van der Waals surface area (Å²) < 4.78 is 0. The first-order chi connectivity index (χ1) is 7.60. The van der Waals surface area contributed by atoms with Gasteiger partial charge in [-0.3, -0.25) is 9.59 Å². The minimum atomic E-state index is -0.807. The molecule has 1 aliphatic carbocycles. The molecule has 16 heavy (non-hydrogen) atoms. The molecule has 1 saturated carbocycles. The normalized spacial score (nSPS) is 17.2. The number of nitrogens with one attached hydrogen (secondary N) is 2. The second-order valence-electron chi connectivity index (χ2n) is 4.14. The van der Waals surface area contributed by atoms with Crippen LogP contribution in [0.1, 0.15) is 19.3 Å². The molecule has 0 heterocycles. The van der Waals surface area contributed by atoms with Crippen molar-refractivity contribution in [1.29, 1.82) is 0 Å². The lowest BCUT2D eigenvalue weighted by Crippen LogP contribution is -2.49. The molecule has 0 aliphatic heterocycles. The molecule has 0 unspecified atom stereocenters. The first-order valence-electron chi connectivity index (χ1n) is 5.42. The number of amides is 1. The minimum Gasteiger partial charge on any atom is -0.481 e. The molecule has 0 bridgehead atoms. The minimum absolute atomic E-state index is 0.172. The van der Waals surface area contributed by atoms with Crippen LogP contribution in [0.15, 0.2) is 12.7 Å². The molecule has 1 fully saturated rings. The summed E-state index contributed by atoms with van der Waals surface area (Å²) in [7, 11) is 0. The molecule has 5 nitrogen and oxygen atoms in total. The number of hydrogen-bond acceptors (Lipinski definition) is 3. The highest BCUT2D eigenvalue weighted by Gasteiger charge is 2.44. The Hall–Kier alpha value is -1.36. The maximum Gasteiger partial charge on any atom is 0.311 e. The molecule has 0 aromatic rings. The van der Waals surface area contributed by atoms with E-state index in [-0.39, 0.29) is 19.0 Å². The van der Waals surface area contributed by atoms with Crippen LogP contribution in [0.4, 0.5) is 0 Å². The van der Waals surface area contributed by atoms with Crippen LogP contribution < -0.4 is 10.6 Å². The lowest BCUT2D eigenvalue weighted by molar-refractivity contribution is -0.154. The Kier molecular flexibility index (Phi) is 4.49. The average Bonchev–Trinajstić information content (AvgIpc) is 2.16. The Labute approximate surface area is 94.9 Å². The summed E-state index contributed by atoms with van der Waals surface area (Å²) in [5, 5.41) is 14.5. The molecule has 5 heteroatoms. The monoisotopic (exact) mass is 226 g/mol. The van der Waals surface area contributed by atoms with Gasteiger partial charge in [-0.1, -0.05) is 12.5 Å². The van der Waals surface area contributed by atoms with Gasteiger partial charge in [-0.25, -0.2) is 0 Å². The number of hydrogen-bond donors (Lipinski definition) is 3. The summed E-state index contributed by atoms with van der Waals surface area (Å²) in [6, 6.07) is 0. The van der Waals surface area contributed by atoms with E-state index in [1.165, 1.54) is 0 Å². The topological polar surface area (TPSA) is 78.4 Å². The molecule has 0 aromatic heterocycles. The molecule has 1 aliphatic rings. The SMILES string of the molecule is C=CCNCC(=O)NCC1(C(=O)O)CCC1. The largest absolute Gasteiger partial charge is 0.481 e. The third-order valence-corrected chi connectivity index (χ3v) is 2.96. The zero-order chi connectivity index (χ0) is 12.0. The molecule has 0 spiro atoms. The molecule has 0 atom stereocenters. The van der Waals surface area contributed by atoms with Crippen LogP contribution in [-0.4, -0.2) is 36.6 Å². The second-order valence-corrected chi connectivity index (χ2v) is 4.14. The third-order valence-electron chi connectivity index (χ3n) is 2.96. The fraction of sp³-hybridized carbons (Fsp3) is 0.636. The summed E-state index contributed by atoms with van der Waals surface area (Å²) in [5.41, 5.74) is -0.714. The second kappa shape index (κ2) is 5.65. The highest BCUT2D eigenvalue weighted by molar-refractivity contribution is 5.80. The van der Waals surface area contributed by atoms with E-state index < -0.39 is 11.4 Å². The van der Waals surface area contributed by atoms with Crippen molar-refractivity contribution in [2.75, 3.05) is 19.6 Å². The number of aliphatic carboxylic acids is 1. The summed E-state index contributed by atoms with van der Waals surface area (Å²) in [6.45, 7) is 4.51. The smallest absolute Gasteiger partial charge is 0.311 e. The Bertz CT molecular complexity index is 285. The Morgan fingerprint density at radius 1 is 1.44 bits per heavy atom. The molecule has 1 amide bonds. The molecule has 90 valence electrons. The maximum absolute atomic E-state index is 11.3. The van der Waals surface area contributed by atoms with Crippen LogP contribution in [0.5, 0.6) is 0 Å². The van der Waals surface area contributed by atoms with Crippen LogP contribution in [0.25, 0.3) is 0 Å². The van der Waals surface area contributed by atoms with Crippen LogP contribution in [0, 0.1) is 5.41 Å². The predicted molar refractivity (Wildman–Crippen MR) is 60.0 cm³/mol. The molecule has 3 N–H and O–H groups in total. The van der Waals surface area contributed by atoms with Gasteiger partial charge < -0.3 is 15.7 Å². The first-order valence-corrected chi connectivity index (χ1v) is 5.42. The van der Waals surface area contributed by atoms with Crippen molar-refractivity contribution in [2.45, 2.75) is 19.3 Å². The van der Waals surface area contributed by atoms with Crippen LogP contribution in [0.3, 0.4) is 0 Å². The lowest BCUT2D eigenvalue weighted by atomic mass is 9.69. The summed E-state index contributed by atoms with van der Waals surface area (Å²) in [5.74, 6) is -0.979. The van der Waals surface area contributed by atoms with E-state index in [4.69, 9.17) is 5.11 Å². The average molecular weight is 226 g/mol. The van der Waals surface area contributed by atoms with E-state index >= 15 is 0 Å². The fourth-order valence-corrected chi connectivity index (χ4v) is 1.69. The standard InChI is InChI=1S/C11H18N2O3/c1-2-6-12-7-9(14)13-8-11(10(15)16)4-3-5-11/h2,12H,1,3-8H2,(H,13,14)(H,15,16). The van der Waals surface area contributed by atoms with Crippen molar-refractivity contribution in [3.63, 3.8) is 0 Å². The molecular weight excluding hydrogens is 208 g/mol. The molecule has 0 radical (unpaired) electrons. The molecule has 1 rings (SSSR count). The molecule has 0 saturated heterocycles. The lowest BCUT2D eigenvalue weighted by Gasteiger charge is -2.37. The quantitative estimate of drug-likeness (QED) is 0.426. The zero-order valence-electron chi connectivity index (χ0n) is 9.29. The van der Waals surface area contributed by atoms with Crippen molar-refractivity contribution in [1.82, 2.24) is 10.6 Å². The molecular formula is C11H18N2O3. The number of carbonyl (C=O) groups excluding carboxylic acids is 1. The van der Waals surface area contributed by atoms with Gasteiger partial charge in [-0.15, -0.1) is 6.58 Å². The van der Waals surface area contributed by atoms with Gasteiger partial charge in [0.25, 0.3) is 0 Å². The van der Waals surface area contributed by atoms with Crippen molar-refractivity contribution in [2.24, 2.45) is 5.41 Å². The van der Waals surface area contributed by atoms with Gasteiger partial charge in [-0.05, 0) is 12.8 Å². The van der Waals surface area contributed by atoms with E-state index in [0.29, 0.717) is 19.4 Å². The van der Waals surface area contributed by atoms with E-state index in [0.717, 1.165) is 6.42 Å². The first kappa shape index (κ1) is 12.7. The summed E-state index contributed by atoms with van der Waals surface area (Å²) in [6.07, 6.45) is 3.90. The van der Waals surface area contributed by atoms with E-state index in [2.05, 4.69) is 17.2 Å². The summed E-state index contributed by atoms with van der Waals surface area (Å²) in [4.78, 5) is 22.3. The van der Waals surface area contributed by atoms with Gasteiger partial charge in [0.1, 0.15) is 0 Å². The number of carboxylic acid groups (broad SMARTS) is 1. The van der Waals surface area contributed by atoms with E-state index in [1.807, 2.05) is 0 Å². The highest BCUT2D eigenvalue weighted by atomic mass is 16.4. The van der Waals surface area contributed by atoms with Crippen LogP contribution >= 0.6 is 0 Å². The fourth-order valence-electron chi connectivity index (χ4n) is 1.69. The van der Waals surface area contributed by atoms with Gasteiger partial charge in [0.05, 0.1) is 12.0 Å². The van der Waals surface area contributed by atoms with Crippen LogP contribution in [0.2, 0.25) is 0 Å². The van der Waals surface area contributed by atoms with Crippen molar-refractivity contribution in [3.8, 4) is 0 Å². The van der Waals surface area contributed by atoms with Crippen molar-refractivity contribution < 1.29 is 14.7 Å². The zero-order valence-corrected chi connectivity index (χ0v) is 9.29. The number of carbonyl (C=O) groups is 2. The Morgan fingerprint density at radius 3 is 2.56 bits per heavy atom. The summed E-state index contributed by atoms with van der Waals surface area (Å²) >= 11 is 0.